The molecule has 0 saturated carbocycles. The first-order valence-corrected chi connectivity index (χ1v) is 9.14. The Kier molecular flexibility index (Phi) is 7.51. The maximum Gasteiger partial charge on any atom is 0.338 e. The lowest BCUT2D eigenvalue weighted by molar-refractivity contribution is -0.140. The molecule has 9 heteroatoms. The topological polar surface area (TPSA) is 131 Å². The Morgan fingerprint density at radius 1 is 1.03 bits per heavy atom. The van der Waals surface area contributed by atoms with E-state index in [4.69, 9.17) is 10.5 Å². The van der Waals surface area contributed by atoms with E-state index in [9.17, 15) is 19.2 Å². The molecular formula is C21H24N4O5. The highest BCUT2D eigenvalue weighted by molar-refractivity contribution is 5.97. The van der Waals surface area contributed by atoms with Crippen molar-refractivity contribution >= 4 is 35.2 Å². The second-order valence-electron chi connectivity index (χ2n) is 6.73. The number of amides is 4. The van der Waals surface area contributed by atoms with Crippen molar-refractivity contribution in [1.82, 2.24) is 4.90 Å². The van der Waals surface area contributed by atoms with Crippen LogP contribution < -0.4 is 16.4 Å². The van der Waals surface area contributed by atoms with Crippen molar-refractivity contribution in [2.24, 2.45) is 5.73 Å². The molecule has 0 spiro atoms. The molecule has 1 atom stereocenters. The van der Waals surface area contributed by atoms with Crippen LogP contribution in [0, 0.1) is 6.92 Å². The maximum absolute atomic E-state index is 12.4. The average Bonchev–Trinajstić information content (AvgIpc) is 2.68. The van der Waals surface area contributed by atoms with Crippen molar-refractivity contribution in [3.8, 4) is 0 Å². The molecule has 30 heavy (non-hydrogen) atoms. The van der Waals surface area contributed by atoms with Crippen LogP contribution in [0.25, 0.3) is 0 Å². The minimum absolute atomic E-state index is 0.140. The first-order chi connectivity index (χ1) is 14.2. The quantitative estimate of drug-likeness (QED) is 0.600. The Morgan fingerprint density at radius 2 is 1.70 bits per heavy atom. The largest absolute Gasteiger partial charge is 0.449 e. The molecule has 4 amide bonds. The van der Waals surface area contributed by atoms with Gasteiger partial charge < -0.3 is 26.0 Å². The Balaban J connectivity index is 1.91. The number of rotatable bonds is 7. The van der Waals surface area contributed by atoms with Crippen molar-refractivity contribution < 1.29 is 23.9 Å². The van der Waals surface area contributed by atoms with Crippen molar-refractivity contribution in [3.63, 3.8) is 0 Å². The first kappa shape index (κ1) is 22.4. The molecule has 2 aromatic carbocycles. The molecule has 0 fully saturated rings. The SMILES string of the molecule is Cc1ccc(NC(=O)CN(C)C(=O)[C@H](C)OC(=O)c2cccc(NC(N)=O)c2)cc1. The van der Waals surface area contributed by atoms with Crippen LogP contribution >= 0.6 is 0 Å². The zero-order valence-corrected chi connectivity index (χ0v) is 17.0. The number of ether oxygens (including phenoxy) is 1. The number of aryl methyl sites for hydroxylation is 1. The Labute approximate surface area is 174 Å². The molecule has 0 radical (unpaired) electrons. The molecule has 0 unspecified atom stereocenters. The third-order valence-electron chi connectivity index (χ3n) is 4.09. The molecule has 0 bridgehead atoms. The summed E-state index contributed by atoms with van der Waals surface area (Å²) in [7, 11) is 1.44. The number of nitrogens with two attached hydrogens (primary N) is 1. The van der Waals surface area contributed by atoms with E-state index >= 15 is 0 Å². The lowest BCUT2D eigenvalue weighted by atomic mass is 10.2. The van der Waals surface area contributed by atoms with Crippen molar-refractivity contribution in [1.29, 1.82) is 0 Å². The van der Waals surface area contributed by atoms with Crippen LogP contribution in [-0.4, -0.2) is 48.4 Å². The zero-order valence-electron chi connectivity index (χ0n) is 17.0. The molecule has 4 N–H and O–H groups in total. The summed E-state index contributed by atoms with van der Waals surface area (Å²) in [6, 6.07) is 12.4. The minimum Gasteiger partial charge on any atom is -0.449 e. The van der Waals surface area contributed by atoms with Gasteiger partial charge in [-0.15, -0.1) is 0 Å². The van der Waals surface area contributed by atoms with Gasteiger partial charge in [-0.1, -0.05) is 23.8 Å². The molecule has 0 aliphatic carbocycles. The highest BCUT2D eigenvalue weighted by Gasteiger charge is 2.23. The summed E-state index contributed by atoms with van der Waals surface area (Å²) in [5.41, 5.74) is 7.19. The number of nitrogens with one attached hydrogen (secondary N) is 2. The lowest BCUT2D eigenvalue weighted by Gasteiger charge is -2.21. The summed E-state index contributed by atoms with van der Waals surface area (Å²) < 4.78 is 5.19. The Bertz CT molecular complexity index is 943. The number of benzene rings is 2. The second kappa shape index (κ2) is 10.1. The molecule has 0 aliphatic heterocycles. The summed E-state index contributed by atoms with van der Waals surface area (Å²) in [5, 5.41) is 5.05. The number of anilines is 2. The van der Waals surface area contributed by atoms with Crippen LogP contribution in [0.3, 0.4) is 0 Å². The van der Waals surface area contributed by atoms with E-state index in [1.165, 1.54) is 37.1 Å². The fourth-order valence-corrected chi connectivity index (χ4v) is 2.59. The van der Waals surface area contributed by atoms with Gasteiger partial charge in [0, 0.05) is 18.4 Å². The van der Waals surface area contributed by atoms with Gasteiger partial charge in [-0.05, 0) is 44.2 Å². The molecule has 2 aromatic rings. The van der Waals surface area contributed by atoms with Crippen LogP contribution in [0.1, 0.15) is 22.8 Å². The Hall–Kier alpha value is -3.88. The summed E-state index contributed by atoms with van der Waals surface area (Å²) in [6.07, 6.45) is -1.11. The van der Waals surface area contributed by atoms with Crippen LogP contribution in [0.15, 0.2) is 48.5 Å². The van der Waals surface area contributed by atoms with Gasteiger partial charge in [0.15, 0.2) is 6.10 Å². The van der Waals surface area contributed by atoms with Crippen LogP contribution in [0.5, 0.6) is 0 Å². The molecule has 0 aromatic heterocycles. The fourth-order valence-electron chi connectivity index (χ4n) is 2.59. The smallest absolute Gasteiger partial charge is 0.338 e. The van der Waals surface area contributed by atoms with Gasteiger partial charge in [-0.3, -0.25) is 9.59 Å². The van der Waals surface area contributed by atoms with Crippen LogP contribution in [-0.2, 0) is 14.3 Å². The van der Waals surface area contributed by atoms with E-state index in [0.717, 1.165) is 5.56 Å². The summed E-state index contributed by atoms with van der Waals surface area (Å²) >= 11 is 0. The van der Waals surface area contributed by atoms with Gasteiger partial charge in [0.05, 0.1) is 12.1 Å². The molecule has 0 aliphatic rings. The summed E-state index contributed by atoms with van der Waals surface area (Å²) in [4.78, 5) is 49.0. The fraction of sp³-hybridized carbons (Fsp3) is 0.238. The van der Waals surface area contributed by atoms with Crippen LogP contribution in [0.4, 0.5) is 16.2 Å². The number of carbonyl (C=O) groups excluding carboxylic acids is 4. The van der Waals surface area contributed by atoms with Gasteiger partial charge in [-0.25, -0.2) is 9.59 Å². The lowest BCUT2D eigenvalue weighted by Crippen LogP contribution is -2.41. The van der Waals surface area contributed by atoms with Gasteiger partial charge in [0.2, 0.25) is 5.91 Å². The zero-order chi connectivity index (χ0) is 22.3. The Morgan fingerprint density at radius 3 is 2.33 bits per heavy atom. The van der Waals surface area contributed by atoms with E-state index in [0.29, 0.717) is 11.4 Å². The number of nitrogens with zero attached hydrogens (tertiary/aromatic N) is 1. The van der Waals surface area contributed by atoms with E-state index in [1.807, 2.05) is 19.1 Å². The number of esters is 1. The summed E-state index contributed by atoms with van der Waals surface area (Å²) in [6.45, 7) is 3.15. The number of urea groups is 1. The van der Waals surface area contributed by atoms with Crippen LogP contribution in [0.2, 0.25) is 0 Å². The third-order valence-corrected chi connectivity index (χ3v) is 4.09. The number of likely N-dealkylation sites (N-methyl/N-ethyl adjacent to an activating group) is 1. The molecule has 158 valence electrons. The predicted molar refractivity (Wildman–Crippen MR) is 112 cm³/mol. The van der Waals surface area contributed by atoms with Gasteiger partial charge in [-0.2, -0.15) is 0 Å². The first-order valence-electron chi connectivity index (χ1n) is 9.14. The number of primary amides is 1. The molecule has 0 heterocycles. The van der Waals surface area contributed by atoms with Crippen molar-refractivity contribution in [2.45, 2.75) is 20.0 Å². The normalized spacial score (nSPS) is 11.2. The van der Waals surface area contributed by atoms with Crippen molar-refractivity contribution in [2.75, 3.05) is 24.2 Å². The predicted octanol–water partition coefficient (Wildman–Crippen LogP) is 2.13. The highest BCUT2D eigenvalue weighted by Crippen LogP contribution is 2.13. The molecule has 9 nitrogen and oxygen atoms in total. The van der Waals surface area contributed by atoms with E-state index < -0.39 is 24.0 Å². The highest BCUT2D eigenvalue weighted by atomic mass is 16.5. The molecule has 2 rings (SSSR count). The second-order valence-corrected chi connectivity index (χ2v) is 6.73. The van der Waals surface area contributed by atoms with E-state index in [2.05, 4.69) is 10.6 Å². The third kappa shape index (κ3) is 6.62. The average molecular weight is 412 g/mol. The van der Waals surface area contributed by atoms with Gasteiger partial charge in [0.1, 0.15) is 0 Å². The minimum atomic E-state index is -1.11. The molecule has 0 saturated heterocycles. The number of hydrogen-bond donors (Lipinski definition) is 3. The van der Waals surface area contributed by atoms with E-state index in [-0.39, 0.29) is 18.0 Å². The standard InChI is InChI=1S/C21H24N4O5/c1-13-7-9-16(10-8-13)23-18(26)12-25(3)19(27)14(2)30-20(28)15-5-4-6-17(11-15)24-21(22)29/h4-11,14H,12H2,1-3H3,(H,23,26)(H3,22,24,29)/t14-/m0/s1. The number of hydrogen-bond acceptors (Lipinski definition) is 5. The van der Waals surface area contributed by atoms with E-state index in [1.54, 1.807) is 18.2 Å². The molecular weight excluding hydrogens is 388 g/mol. The summed E-state index contributed by atoms with van der Waals surface area (Å²) in [5.74, 6) is -1.66. The number of carbonyl (C=O) groups is 4. The van der Waals surface area contributed by atoms with Gasteiger partial charge in [0.25, 0.3) is 5.91 Å². The van der Waals surface area contributed by atoms with Crippen molar-refractivity contribution in [3.05, 3.63) is 59.7 Å². The van der Waals surface area contributed by atoms with Gasteiger partial charge >= 0.3 is 12.0 Å². The maximum atomic E-state index is 12.4. The monoisotopic (exact) mass is 412 g/mol.